The van der Waals surface area contributed by atoms with Gasteiger partial charge in [0.1, 0.15) is 0 Å². The van der Waals surface area contributed by atoms with Crippen LogP contribution in [0.3, 0.4) is 0 Å². The molecule has 0 amide bonds. The van der Waals surface area contributed by atoms with E-state index in [1.165, 1.54) is 6.08 Å². The van der Waals surface area contributed by atoms with Crippen molar-refractivity contribution >= 4 is 0 Å². The lowest BCUT2D eigenvalue weighted by atomic mass is 10.3. The average Bonchev–Trinajstić information content (AvgIpc) is 1.30. The van der Waals surface area contributed by atoms with Crippen LogP contribution in [0.5, 0.6) is 0 Å². The molecule has 0 heterocycles. The zero-order valence-electron chi connectivity index (χ0n) is 4.25. The lowest BCUT2D eigenvalue weighted by Gasteiger charge is -2.03. The summed E-state index contributed by atoms with van der Waals surface area (Å²) in [5.41, 5.74) is 0. The third-order valence-electron chi connectivity index (χ3n) is 0.503. The first-order chi connectivity index (χ1) is 3.06. The maximum atomic E-state index is 11.7. The quantitative estimate of drug-likeness (QED) is 0.473. The number of hydrogen-bond donors (Lipinski definition) is 0. The van der Waals surface area contributed by atoms with Gasteiger partial charge in [0.25, 0.3) is 0 Å². The summed E-state index contributed by atoms with van der Waals surface area (Å²) in [6.45, 7) is 4.04. The van der Waals surface area contributed by atoms with Crippen LogP contribution in [0.1, 0.15) is 13.3 Å². The molecule has 0 aliphatic carbocycles. The average molecular weight is 106 g/mol. The Balaban J connectivity index is 3.34. The Labute approximate surface area is 41.8 Å². The summed E-state index contributed by atoms with van der Waals surface area (Å²) in [5, 5.41) is 0. The number of rotatable bonds is 2. The fourth-order valence-electron chi connectivity index (χ4n) is 0.253. The molecule has 0 rings (SSSR count). The standard InChI is InChI=1S/C5H8F2/c1-3-4-5(2,6)7/h3H,1,4H2,2H3. The second-order valence-corrected chi connectivity index (χ2v) is 1.56. The van der Waals surface area contributed by atoms with E-state index >= 15 is 0 Å². The van der Waals surface area contributed by atoms with Gasteiger partial charge in [0.15, 0.2) is 0 Å². The SMILES string of the molecule is C=CCC(C)(F)F. The Hall–Kier alpha value is -0.400. The second kappa shape index (κ2) is 2.05. The summed E-state index contributed by atoms with van der Waals surface area (Å²) in [7, 11) is 0. The molecule has 0 N–H and O–H groups in total. The van der Waals surface area contributed by atoms with Crippen LogP contribution in [0.4, 0.5) is 8.78 Å². The van der Waals surface area contributed by atoms with Gasteiger partial charge in [-0.05, 0) is 6.92 Å². The molecule has 0 aromatic rings. The van der Waals surface area contributed by atoms with Crippen molar-refractivity contribution in [3.8, 4) is 0 Å². The molecule has 7 heavy (non-hydrogen) atoms. The number of hydrogen-bond acceptors (Lipinski definition) is 0. The molecule has 0 aliphatic heterocycles. The van der Waals surface area contributed by atoms with E-state index in [4.69, 9.17) is 0 Å². The largest absolute Gasteiger partial charge is 0.248 e. The Bertz CT molecular complexity index is 61.0. The summed E-state index contributed by atoms with van der Waals surface area (Å²) in [4.78, 5) is 0. The normalized spacial score (nSPS) is 11.3. The Morgan fingerprint density at radius 3 is 2.14 bits per heavy atom. The van der Waals surface area contributed by atoms with Gasteiger partial charge < -0.3 is 0 Å². The van der Waals surface area contributed by atoms with Gasteiger partial charge in [0.2, 0.25) is 5.92 Å². The first-order valence-corrected chi connectivity index (χ1v) is 2.05. The lowest BCUT2D eigenvalue weighted by Crippen LogP contribution is -2.06. The minimum atomic E-state index is -2.57. The maximum absolute atomic E-state index is 11.7. The molecular weight excluding hydrogens is 98.1 g/mol. The van der Waals surface area contributed by atoms with Crippen LogP contribution in [0, 0.1) is 0 Å². The van der Waals surface area contributed by atoms with Crippen molar-refractivity contribution in [2.45, 2.75) is 19.3 Å². The van der Waals surface area contributed by atoms with Crippen molar-refractivity contribution in [1.29, 1.82) is 0 Å². The lowest BCUT2D eigenvalue weighted by molar-refractivity contribution is 0.0256. The summed E-state index contributed by atoms with van der Waals surface area (Å²) < 4.78 is 23.3. The molecule has 0 nitrogen and oxygen atoms in total. The highest BCUT2D eigenvalue weighted by Crippen LogP contribution is 2.15. The molecule has 0 atom stereocenters. The summed E-state index contributed by atoms with van der Waals surface area (Å²) >= 11 is 0. The third-order valence-corrected chi connectivity index (χ3v) is 0.503. The maximum Gasteiger partial charge on any atom is 0.248 e. The van der Waals surface area contributed by atoms with Crippen molar-refractivity contribution < 1.29 is 8.78 Å². The van der Waals surface area contributed by atoms with Crippen LogP contribution in [-0.4, -0.2) is 5.92 Å². The van der Waals surface area contributed by atoms with Gasteiger partial charge >= 0.3 is 0 Å². The van der Waals surface area contributed by atoms with E-state index in [2.05, 4.69) is 6.58 Å². The highest BCUT2D eigenvalue weighted by Gasteiger charge is 2.17. The van der Waals surface area contributed by atoms with E-state index in [0.717, 1.165) is 6.92 Å². The van der Waals surface area contributed by atoms with Crippen LogP contribution in [0.15, 0.2) is 12.7 Å². The van der Waals surface area contributed by atoms with Crippen molar-refractivity contribution in [3.05, 3.63) is 12.7 Å². The highest BCUT2D eigenvalue weighted by atomic mass is 19.3. The summed E-state index contributed by atoms with van der Waals surface area (Å²) in [6.07, 6.45) is 0.979. The molecule has 0 spiro atoms. The Kier molecular flexibility index (Phi) is 1.93. The molecule has 0 unspecified atom stereocenters. The molecule has 0 saturated carbocycles. The van der Waals surface area contributed by atoms with Gasteiger partial charge in [-0.2, -0.15) is 0 Å². The topological polar surface area (TPSA) is 0 Å². The van der Waals surface area contributed by atoms with Crippen molar-refractivity contribution in [1.82, 2.24) is 0 Å². The van der Waals surface area contributed by atoms with Crippen LogP contribution in [0.25, 0.3) is 0 Å². The number of alkyl halides is 2. The third kappa shape index (κ3) is 5.60. The Morgan fingerprint density at radius 2 is 2.14 bits per heavy atom. The highest BCUT2D eigenvalue weighted by molar-refractivity contribution is 4.74. The van der Waals surface area contributed by atoms with Crippen LogP contribution in [-0.2, 0) is 0 Å². The molecule has 0 bridgehead atoms. The Morgan fingerprint density at radius 1 is 1.71 bits per heavy atom. The van der Waals surface area contributed by atoms with E-state index in [9.17, 15) is 8.78 Å². The van der Waals surface area contributed by atoms with Gasteiger partial charge in [0.05, 0.1) is 0 Å². The molecule has 0 aromatic carbocycles. The minimum Gasteiger partial charge on any atom is -0.207 e. The molecular formula is C5H8F2. The zero-order chi connectivity index (χ0) is 5.91. The molecule has 0 aromatic heterocycles. The van der Waals surface area contributed by atoms with Crippen molar-refractivity contribution in [2.24, 2.45) is 0 Å². The molecule has 2 heteroatoms. The van der Waals surface area contributed by atoms with Crippen LogP contribution < -0.4 is 0 Å². The van der Waals surface area contributed by atoms with Crippen molar-refractivity contribution in [2.75, 3.05) is 0 Å². The predicted molar refractivity (Wildman–Crippen MR) is 25.4 cm³/mol. The van der Waals surface area contributed by atoms with E-state index in [-0.39, 0.29) is 6.42 Å². The first-order valence-electron chi connectivity index (χ1n) is 2.05. The van der Waals surface area contributed by atoms with Gasteiger partial charge in [-0.25, -0.2) is 8.78 Å². The second-order valence-electron chi connectivity index (χ2n) is 1.56. The number of halogens is 2. The summed E-state index contributed by atoms with van der Waals surface area (Å²) in [5.74, 6) is -2.57. The van der Waals surface area contributed by atoms with Gasteiger partial charge in [0, 0.05) is 6.42 Å². The van der Waals surface area contributed by atoms with E-state index in [0.29, 0.717) is 0 Å². The molecule has 0 aliphatic rings. The van der Waals surface area contributed by atoms with Gasteiger partial charge in [-0.3, -0.25) is 0 Å². The fraction of sp³-hybridized carbons (Fsp3) is 0.600. The first kappa shape index (κ1) is 6.60. The van der Waals surface area contributed by atoms with Gasteiger partial charge in [-0.1, -0.05) is 6.08 Å². The van der Waals surface area contributed by atoms with Crippen LogP contribution in [0.2, 0.25) is 0 Å². The minimum absolute atomic E-state index is 0.229. The zero-order valence-corrected chi connectivity index (χ0v) is 4.25. The van der Waals surface area contributed by atoms with E-state index < -0.39 is 5.92 Å². The molecule has 0 radical (unpaired) electrons. The van der Waals surface area contributed by atoms with Crippen molar-refractivity contribution in [3.63, 3.8) is 0 Å². The molecule has 0 saturated heterocycles. The summed E-state index contributed by atoms with van der Waals surface area (Å²) in [6, 6.07) is 0. The molecule has 0 fully saturated rings. The van der Waals surface area contributed by atoms with Crippen LogP contribution >= 0.6 is 0 Å². The van der Waals surface area contributed by atoms with E-state index in [1.807, 2.05) is 0 Å². The predicted octanol–water partition coefficient (Wildman–Crippen LogP) is 2.22. The van der Waals surface area contributed by atoms with Gasteiger partial charge in [-0.15, -0.1) is 6.58 Å². The smallest absolute Gasteiger partial charge is 0.207 e. The number of allylic oxidation sites excluding steroid dienone is 1. The monoisotopic (exact) mass is 106 g/mol. The fourth-order valence-corrected chi connectivity index (χ4v) is 0.253. The molecule has 42 valence electrons. The van der Waals surface area contributed by atoms with E-state index in [1.54, 1.807) is 0 Å².